The first kappa shape index (κ1) is 47.4. The molecule has 6 aromatic rings. The van der Waals surface area contributed by atoms with Crippen molar-refractivity contribution in [2.24, 2.45) is 0 Å². The van der Waals surface area contributed by atoms with Crippen LogP contribution in [0.4, 0.5) is 0 Å². The maximum absolute atomic E-state index is 5.98. The average Bonchev–Trinajstić information content (AvgIpc) is 3.86. The third-order valence-electron chi connectivity index (χ3n) is 10.4. The van der Waals surface area contributed by atoms with Gasteiger partial charge in [-0.1, -0.05) is 71.6 Å². The first-order chi connectivity index (χ1) is 26.6. The molecule has 5 heteroatoms. The molecule has 0 radical (unpaired) electrons. The second kappa shape index (κ2) is 20.3. The van der Waals surface area contributed by atoms with Gasteiger partial charge in [-0.2, -0.15) is 23.8 Å². The molecule has 0 heterocycles. The number of benzene rings is 6. The van der Waals surface area contributed by atoms with E-state index in [1.165, 1.54) is 105 Å². The average molecular weight is 920 g/mol. The van der Waals surface area contributed by atoms with E-state index in [9.17, 15) is 0 Å². The molecule has 0 saturated carbocycles. The zero-order valence-electron chi connectivity index (χ0n) is 34.6. The van der Waals surface area contributed by atoms with Crippen LogP contribution in [0.5, 0.6) is 0 Å². The SMILES string of the molecule is Cc1[c-]c2c(cc1C(C)(C)C)-c1cc(C(C)(C)C)c(C)cc1C2.Clc1ccc(-c2ccc([C](=[Zr+2])c3ccc(-c4ccc(Cl)cc4)cc3)cc2)cc1.[C-]1=CC=CC1.[Cl-].[Cl-]. The van der Waals surface area contributed by atoms with Gasteiger partial charge in [0.1, 0.15) is 0 Å². The molecule has 0 fully saturated rings. The maximum Gasteiger partial charge on any atom is -0.109 e. The Morgan fingerprint density at radius 3 is 1.40 bits per heavy atom. The van der Waals surface area contributed by atoms with Crippen LogP contribution in [0.1, 0.15) is 92.5 Å². The molecule has 0 aliphatic heterocycles. The van der Waals surface area contributed by atoms with Crippen molar-refractivity contribution in [3.63, 3.8) is 0 Å². The molecule has 8 rings (SSSR count). The van der Waals surface area contributed by atoms with Gasteiger partial charge >= 0.3 is 191 Å². The molecule has 58 heavy (non-hydrogen) atoms. The van der Waals surface area contributed by atoms with Crippen LogP contribution in [0.2, 0.25) is 10.0 Å². The van der Waals surface area contributed by atoms with Crippen LogP contribution in [0.3, 0.4) is 0 Å². The second-order valence-corrected chi connectivity index (χ2v) is 18.8. The molecule has 0 spiro atoms. The summed E-state index contributed by atoms with van der Waals surface area (Å²) in [6, 6.07) is 44.3. The van der Waals surface area contributed by atoms with Gasteiger partial charge in [-0.15, -0.1) is 23.1 Å². The molecular formula is C53H50Cl4Zr-2. The minimum Gasteiger partial charge on any atom is -1.00 e. The van der Waals surface area contributed by atoms with E-state index in [-0.39, 0.29) is 35.6 Å². The first-order valence-corrected chi connectivity index (χ1v) is 21.3. The van der Waals surface area contributed by atoms with Crippen LogP contribution in [0.15, 0.2) is 133 Å². The Labute approximate surface area is 385 Å². The molecule has 0 unspecified atom stereocenters. The van der Waals surface area contributed by atoms with Crippen molar-refractivity contribution >= 4 is 26.4 Å². The molecule has 0 nitrogen and oxygen atoms in total. The molecule has 0 amide bonds. The summed E-state index contributed by atoms with van der Waals surface area (Å²) in [4.78, 5) is 0. The third kappa shape index (κ3) is 11.7. The Morgan fingerprint density at radius 2 is 1.02 bits per heavy atom. The summed E-state index contributed by atoms with van der Waals surface area (Å²) in [6.07, 6.45) is 11.0. The third-order valence-corrected chi connectivity index (χ3v) is 12.3. The van der Waals surface area contributed by atoms with Crippen molar-refractivity contribution in [3.8, 4) is 33.4 Å². The van der Waals surface area contributed by atoms with Gasteiger partial charge in [-0.3, -0.25) is 6.08 Å². The number of aryl methyl sites for hydroxylation is 2. The van der Waals surface area contributed by atoms with Gasteiger partial charge in [-0.05, 0) is 35.4 Å². The van der Waals surface area contributed by atoms with Crippen molar-refractivity contribution < 1.29 is 49.0 Å². The first-order valence-electron chi connectivity index (χ1n) is 19.3. The molecule has 0 atom stereocenters. The van der Waals surface area contributed by atoms with Crippen LogP contribution in [0, 0.1) is 26.0 Å². The van der Waals surface area contributed by atoms with Crippen molar-refractivity contribution in [2.45, 2.75) is 79.1 Å². The Hall–Kier alpha value is -3.29. The normalized spacial score (nSPS) is 12.2. The van der Waals surface area contributed by atoms with E-state index in [0.29, 0.717) is 0 Å². The Kier molecular flexibility index (Phi) is 16.6. The van der Waals surface area contributed by atoms with E-state index in [0.717, 1.165) is 22.9 Å². The monoisotopic (exact) mass is 916 g/mol. The molecule has 2 aliphatic rings. The number of hydrogen-bond donors (Lipinski definition) is 0. The Balaban J connectivity index is 0.000000225. The minimum atomic E-state index is 0. The number of allylic oxidation sites excluding steroid dienone is 4. The van der Waals surface area contributed by atoms with Crippen molar-refractivity contribution in [1.82, 2.24) is 0 Å². The largest absolute Gasteiger partial charge is 1.00 e. The van der Waals surface area contributed by atoms with Gasteiger partial charge < -0.3 is 24.8 Å². The van der Waals surface area contributed by atoms with E-state index in [4.69, 9.17) is 23.2 Å². The van der Waals surface area contributed by atoms with Crippen molar-refractivity contribution in [1.29, 1.82) is 0 Å². The van der Waals surface area contributed by atoms with Crippen LogP contribution in [-0.4, -0.2) is 3.21 Å². The summed E-state index contributed by atoms with van der Waals surface area (Å²) in [6.45, 7) is 18.2. The second-order valence-electron chi connectivity index (χ2n) is 16.7. The fourth-order valence-corrected chi connectivity index (χ4v) is 8.54. The van der Waals surface area contributed by atoms with Gasteiger partial charge in [0.05, 0.1) is 0 Å². The van der Waals surface area contributed by atoms with Gasteiger partial charge in [0, 0.05) is 0 Å². The minimum absolute atomic E-state index is 0. The van der Waals surface area contributed by atoms with Gasteiger partial charge in [0.25, 0.3) is 0 Å². The van der Waals surface area contributed by atoms with E-state index in [1.807, 2.05) is 36.4 Å². The van der Waals surface area contributed by atoms with Gasteiger partial charge in [0.15, 0.2) is 0 Å². The molecule has 0 N–H and O–H groups in total. The fraction of sp³-hybridized carbons (Fsp3) is 0.226. The molecule has 2 aliphatic carbocycles. The molecular weight excluding hydrogens is 870 g/mol. The van der Waals surface area contributed by atoms with E-state index in [2.05, 4.69) is 165 Å². The summed E-state index contributed by atoms with van der Waals surface area (Å²) in [5.74, 6) is 0. The molecule has 0 aromatic heterocycles. The summed E-state index contributed by atoms with van der Waals surface area (Å²) >= 11 is 13.4. The molecule has 0 bridgehead atoms. The Bertz CT molecular complexity index is 2220. The van der Waals surface area contributed by atoms with E-state index < -0.39 is 0 Å². The maximum atomic E-state index is 5.98. The number of hydrogen-bond acceptors (Lipinski definition) is 0. The van der Waals surface area contributed by atoms with Crippen molar-refractivity contribution in [2.75, 3.05) is 0 Å². The van der Waals surface area contributed by atoms with E-state index >= 15 is 0 Å². The van der Waals surface area contributed by atoms with Gasteiger partial charge in [0.2, 0.25) is 0 Å². The standard InChI is InChI=1S/C25H16Cl2.C23H29.C5H5.2ClH.Zr/c26-24-13-9-22(10-14-24)20-5-1-18(2-6-20)17-19-3-7-21(8-4-19)23-11-15-25(27)16-12-23;1-14-9-16-11-17-10-15(2)21(23(6,7)8)13-19(17)18(16)12-20(14)22(3,4)5;1-2-4-5-3-1;;;/h1-16H;9,12-13H,11H2,1-8H3;1-3H,4H2;2*1H;/q;2*-1;;;+2/p-2. The van der Waals surface area contributed by atoms with Crippen molar-refractivity contribution in [3.05, 3.63) is 200 Å². The zero-order valence-corrected chi connectivity index (χ0v) is 40.1. The molecule has 0 saturated heterocycles. The predicted octanol–water partition coefficient (Wildman–Crippen LogP) is 9.03. The topological polar surface area (TPSA) is 0 Å². The summed E-state index contributed by atoms with van der Waals surface area (Å²) < 4.78 is 1.34. The quantitative estimate of drug-likeness (QED) is 0.155. The number of fused-ring (bicyclic) bond motifs is 3. The number of halogens is 4. The van der Waals surface area contributed by atoms with Crippen LogP contribution >= 0.6 is 23.2 Å². The predicted molar refractivity (Wildman–Crippen MR) is 239 cm³/mol. The van der Waals surface area contributed by atoms with Gasteiger partial charge in [-0.25, -0.2) is 12.2 Å². The van der Waals surface area contributed by atoms with Crippen LogP contribution < -0.4 is 24.8 Å². The Morgan fingerprint density at radius 1 is 0.586 bits per heavy atom. The summed E-state index contributed by atoms with van der Waals surface area (Å²) in [5, 5.41) is 1.52. The van der Waals surface area contributed by atoms with E-state index in [1.54, 1.807) is 0 Å². The smallest absolute Gasteiger partial charge is 0.109 e. The zero-order chi connectivity index (χ0) is 40.2. The summed E-state index contributed by atoms with van der Waals surface area (Å²) in [5.41, 5.74) is 18.9. The fourth-order valence-electron chi connectivity index (χ4n) is 7.47. The van der Waals surface area contributed by atoms with Crippen LogP contribution in [0.25, 0.3) is 33.4 Å². The van der Waals surface area contributed by atoms with Crippen LogP contribution in [-0.2, 0) is 41.5 Å². The molecule has 6 aromatic carbocycles. The number of rotatable bonds is 4. The summed E-state index contributed by atoms with van der Waals surface area (Å²) in [7, 11) is 0. The molecule has 296 valence electrons.